The molecular weight excluding hydrogens is 248 g/mol. The molecule has 0 saturated carbocycles. The summed E-state index contributed by atoms with van der Waals surface area (Å²) >= 11 is 0. The molecule has 1 N–H and O–H groups in total. The Morgan fingerprint density at radius 2 is 1.90 bits per heavy atom. The molecular formula is C17H26N2O. The first-order valence-corrected chi connectivity index (χ1v) is 7.81. The molecule has 1 aliphatic heterocycles. The van der Waals surface area contributed by atoms with Crippen LogP contribution in [0.4, 0.5) is 0 Å². The van der Waals surface area contributed by atoms with Crippen LogP contribution in [-0.4, -0.2) is 36.5 Å². The number of benzene rings is 1. The molecule has 0 radical (unpaired) electrons. The Balaban J connectivity index is 1.63. The number of likely N-dealkylation sites (tertiary alicyclic amines) is 1. The fraction of sp³-hybridized carbons (Fsp3) is 0.588. The van der Waals surface area contributed by atoms with E-state index in [1.165, 1.54) is 24.8 Å². The molecule has 1 atom stereocenters. The zero-order valence-electron chi connectivity index (χ0n) is 12.5. The van der Waals surface area contributed by atoms with E-state index in [4.69, 9.17) is 0 Å². The van der Waals surface area contributed by atoms with E-state index >= 15 is 0 Å². The Kier molecular flexibility index (Phi) is 6.06. The van der Waals surface area contributed by atoms with Gasteiger partial charge in [-0.15, -0.1) is 0 Å². The number of amides is 1. The number of nitrogens with one attached hydrogen (secondary N) is 1. The lowest BCUT2D eigenvalue weighted by atomic mass is 10.1. The SMILES string of the molecule is CC(Cc1ccccc1)NCCC(=O)N1CCCCC1. The van der Waals surface area contributed by atoms with Crippen LogP contribution in [0.15, 0.2) is 30.3 Å². The number of rotatable bonds is 6. The normalized spacial score (nSPS) is 16.9. The first kappa shape index (κ1) is 15.0. The summed E-state index contributed by atoms with van der Waals surface area (Å²) in [5.74, 6) is 0.309. The van der Waals surface area contributed by atoms with Gasteiger partial charge in [-0.2, -0.15) is 0 Å². The maximum Gasteiger partial charge on any atom is 0.223 e. The molecule has 1 heterocycles. The second-order valence-corrected chi connectivity index (χ2v) is 5.74. The number of hydrogen-bond acceptors (Lipinski definition) is 2. The van der Waals surface area contributed by atoms with Gasteiger partial charge in [0.1, 0.15) is 0 Å². The molecule has 1 aromatic rings. The highest BCUT2D eigenvalue weighted by Crippen LogP contribution is 2.09. The maximum absolute atomic E-state index is 12.0. The molecule has 0 aliphatic carbocycles. The second-order valence-electron chi connectivity index (χ2n) is 5.74. The van der Waals surface area contributed by atoms with Crippen molar-refractivity contribution in [2.75, 3.05) is 19.6 Å². The van der Waals surface area contributed by atoms with E-state index in [0.29, 0.717) is 18.4 Å². The van der Waals surface area contributed by atoms with Crippen molar-refractivity contribution in [1.82, 2.24) is 10.2 Å². The van der Waals surface area contributed by atoms with E-state index in [0.717, 1.165) is 26.1 Å². The van der Waals surface area contributed by atoms with Crippen molar-refractivity contribution >= 4 is 5.91 Å². The van der Waals surface area contributed by atoms with E-state index < -0.39 is 0 Å². The Labute approximate surface area is 122 Å². The van der Waals surface area contributed by atoms with Crippen LogP contribution < -0.4 is 5.32 Å². The van der Waals surface area contributed by atoms with Gasteiger partial charge in [-0.1, -0.05) is 30.3 Å². The molecule has 0 bridgehead atoms. The number of nitrogens with zero attached hydrogens (tertiary/aromatic N) is 1. The Morgan fingerprint density at radius 1 is 1.20 bits per heavy atom. The molecule has 3 heteroatoms. The van der Waals surface area contributed by atoms with Crippen LogP contribution in [0.25, 0.3) is 0 Å². The molecule has 20 heavy (non-hydrogen) atoms. The summed E-state index contributed by atoms with van der Waals surface area (Å²) in [7, 11) is 0. The molecule has 110 valence electrons. The fourth-order valence-electron chi connectivity index (χ4n) is 2.77. The number of piperidine rings is 1. The number of hydrogen-bond donors (Lipinski definition) is 1. The maximum atomic E-state index is 12.0. The van der Waals surface area contributed by atoms with Gasteiger partial charge in [-0.3, -0.25) is 4.79 Å². The summed E-state index contributed by atoms with van der Waals surface area (Å²) in [6.45, 7) is 4.87. The first-order valence-electron chi connectivity index (χ1n) is 7.81. The van der Waals surface area contributed by atoms with E-state index in [-0.39, 0.29) is 0 Å². The van der Waals surface area contributed by atoms with Crippen LogP contribution in [0, 0.1) is 0 Å². The zero-order chi connectivity index (χ0) is 14.2. The van der Waals surface area contributed by atoms with Crippen LogP contribution in [0.1, 0.15) is 38.2 Å². The minimum atomic E-state index is 0.309. The summed E-state index contributed by atoms with van der Waals surface area (Å²) in [6, 6.07) is 10.9. The standard InChI is InChI=1S/C17H26N2O/c1-15(14-16-8-4-2-5-9-16)18-11-10-17(20)19-12-6-3-7-13-19/h2,4-5,8-9,15,18H,3,6-7,10-14H2,1H3. The summed E-state index contributed by atoms with van der Waals surface area (Å²) in [5.41, 5.74) is 1.34. The molecule has 1 fully saturated rings. The van der Waals surface area contributed by atoms with E-state index in [1.807, 2.05) is 11.0 Å². The molecule has 2 rings (SSSR count). The third kappa shape index (κ3) is 4.97. The van der Waals surface area contributed by atoms with Crippen molar-refractivity contribution < 1.29 is 4.79 Å². The molecule has 1 aliphatic rings. The number of carbonyl (C=O) groups is 1. The fourth-order valence-corrected chi connectivity index (χ4v) is 2.77. The van der Waals surface area contributed by atoms with Crippen LogP contribution >= 0.6 is 0 Å². The summed E-state index contributed by atoms with van der Waals surface area (Å²) in [6.07, 6.45) is 5.25. The molecule has 0 spiro atoms. The van der Waals surface area contributed by atoms with Crippen molar-refractivity contribution in [3.8, 4) is 0 Å². The average Bonchev–Trinajstić information content (AvgIpc) is 2.49. The third-order valence-electron chi connectivity index (χ3n) is 3.93. The number of carbonyl (C=O) groups excluding carboxylic acids is 1. The quantitative estimate of drug-likeness (QED) is 0.865. The Hall–Kier alpha value is -1.35. The molecule has 1 saturated heterocycles. The zero-order valence-corrected chi connectivity index (χ0v) is 12.5. The van der Waals surface area contributed by atoms with Crippen LogP contribution in [0.5, 0.6) is 0 Å². The van der Waals surface area contributed by atoms with Crippen molar-refractivity contribution in [2.45, 2.75) is 45.1 Å². The van der Waals surface area contributed by atoms with Gasteiger partial charge >= 0.3 is 0 Å². The highest BCUT2D eigenvalue weighted by atomic mass is 16.2. The summed E-state index contributed by atoms with van der Waals surface area (Å²) < 4.78 is 0. The van der Waals surface area contributed by atoms with Gasteiger partial charge in [-0.05, 0) is 38.2 Å². The van der Waals surface area contributed by atoms with E-state index in [1.54, 1.807) is 0 Å². The highest BCUT2D eigenvalue weighted by molar-refractivity contribution is 5.76. The highest BCUT2D eigenvalue weighted by Gasteiger charge is 2.15. The molecule has 3 nitrogen and oxygen atoms in total. The van der Waals surface area contributed by atoms with Crippen LogP contribution in [0.3, 0.4) is 0 Å². The van der Waals surface area contributed by atoms with Gasteiger partial charge in [0.2, 0.25) is 5.91 Å². The van der Waals surface area contributed by atoms with Gasteiger partial charge in [0.05, 0.1) is 0 Å². The van der Waals surface area contributed by atoms with Crippen LogP contribution in [0.2, 0.25) is 0 Å². The first-order chi connectivity index (χ1) is 9.75. The van der Waals surface area contributed by atoms with Crippen molar-refractivity contribution in [3.05, 3.63) is 35.9 Å². The van der Waals surface area contributed by atoms with Gasteiger partial charge < -0.3 is 10.2 Å². The van der Waals surface area contributed by atoms with Crippen LogP contribution in [-0.2, 0) is 11.2 Å². The van der Waals surface area contributed by atoms with Gasteiger partial charge in [0.15, 0.2) is 0 Å². The molecule has 1 aromatic carbocycles. The predicted molar refractivity (Wildman–Crippen MR) is 82.7 cm³/mol. The van der Waals surface area contributed by atoms with E-state index in [9.17, 15) is 4.79 Å². The minimum Gasteiger partial charge on any atom is -0.343 e. The lowest BCUT2D eigenvalue weighted by Crippen LogP contribution is -2.38. The Bertz CT molecular complexity index is 399. The molecule has 0 aromatic heterocycles. The summed E-state index contributed by atoms with van der Waals surface area (Å²) in [4.78, 5) is 14.0. The van der Waals surface area contributed by atoms with Crippen molar-refractivity contribution in [1.29, 1.82) is 0 Å². The largest absolute Gasteiger partial charge is 0.343 e. The summed E-state index contributed by atoms with van der Waals surface area (Å²) in [5, 5.41) is 3.45. The van der Waals surface area contributed by atoms with E-state index in [2.05, 4.69) is 36.5 Å². The topological polar surface area (TPSA) is 32.3 Å². The predicted octanol–water partition coefficient (Wildman–Crippen LogP) is 2.61. The second kappa shape index (κ2) is 8.05. The lowest BCUT2D eigenvalue weighted by Gasteiger charge is -2.27. The smallest absolute Gasteiger partial charge is 0.223 e. The van der Waals surface area contributed by atoms with Gasteiger partial charge in [0.25, 0.3) is 0 Å². The van der Waals surface area contributed by atoms with Gasteiger partial charge in [-0.25, -0.2) is 0 Å². The average molecular weight is 274 g/mol. The minimum absolute atomic E-state index is 0.309. The monoisotopic (exact) mass is 274 g/mol. The van der Waals surface area contributed by atoms with Gasteiger partial charge in [0, 0.05) is 32.1 Å². The van der Waals surface area contributed by atoms with Crippen molar-refractivity contribution in [2.24, 2.45) is 0 Å². The lowest BCUT2D eigenvalue weighted by molar-refractivity contribution is -0.131. The molecule has 1 unspecified atom stereocenters. The van der Waals surface area contributed by atoms with Crippen molar-refractivity contribution in [3.63, 3.8) is 0 Å². The third-order valence-corrected chi connectivity index (χ3v) is 3.93. The Morgan fingerprint density at radius 3 is 2.60 bits per heavy atom. The molecule has 1 amide bonds.